The van der Waals surface area contributed by atoms with Crippen molar-refractivity contribution in [3.8, 4) is 17.2 Å². The maximum absolute atomic E-state index is 12.6. The summed E-state index contributed by atoms with van der Waals surface area (Å²) in [7, 11) is 1.62. The smallest absolute Gasteiger partial charge is 0.231 e. The molecule has 0 aromatic heterocycles. The van der Waals surface area contributed by atoms with E-state index in [0.29, 0.717) is 23.7 Å². The van der Waals surface area contributed by atoms with E-state index >= 15 is 0 Å². The van der Waals surface area contributed by atoms with Crippen molar-refractivity contribution in [1.29, 1.82) is 0 Å². The average Bonchev–Trinajstić information content (AvgIpc) is 3.39. The van der Waals surface area contributed by atoms with Gasteiger partial charge in [0.05, 0.1) is 7.11 Å². The minimum Gasteiger partial charge on any atom is -0.493 e. The second-order valence-electron chi connectivity index (χ2n) is 7.63. The number of anilines is 2. The maximum Gasteiger partial charge on any atom is 0.231 e. The van der Waals surface area contributed by atoms with Crippen molar-refractivity contribution in [1.82, 2.24) is 0 Å². The highest BCUT2D eigenvalue weighted by atomic mass is 16.7. The molecule has 3 aliphatic heterocycles. The zero-order valence-corrected chi connectivity index (χ0v) is 16.2. The Labute approximate surface area is 164 Å². The number of rotatable bonds is 3. The number of carbonyl (C=O) groups excluding carboxylic acids is 1. The fraction of sp³-hybridized carbons (Fsp3) is 0.409. The molecule has 2 aromatic rings. The first-order valence-corrected chi connectivity index (χ1v) is 9.81. The Morgan fingerprint density at radius 3 is 2.79 bits per heavy atom. The molecular formula is C22H24N2O4. The fourth-order valence-electron chi connectivity index (χ4n) is 4.61. The van der Waals surface area contributed by atoms with Gasteiger partial charge in [-0.25, -0.2) is 0 Å². The number of methoxy groups -OCH3 is 1. The first kappa shape index (κ1) is 17.2. The number of nitrogens with one attached hydrogen (secondary N) is 1. The van der Waals surface area contributed by atoms with Gasteiger partial charge in [-0.1, -0.05) is 6.07 Å². The predicted octanol–water partition coefficient (Wildman–Crippen LogP) is 3.81. The highest BCUT2D eigenvalue weighted by Gasteiger charge is 2.31. The summed E-state index contributed by atoms with van der Waals surface area (Å²) >= 11 is 0. The summed E-state index contributed by atoms with van der Waals surface area (Å²) in [6.07, 6.45) is 2.85. The average molecular weight is 380 g/mol. The second-order valence-corrected chi connectivity index (χ2v) is 7.63. The lowest BCUT2D eigenvalue weighted by molar-refractivity contribution is -0.116. The molecule has 0 spiro atoms. The van der Waals surface area contributed by atoms with E-state index in [2.05, 4.69) is 29.3 Å². The van der Waals surface area contributed by atoms with Crippen LogP contribution in [0.1, 0.15) is 41.9 Å². The van der Waals surface area contributed by atoms with Gasteiger partial charge in [0.15, 0.2) is 11.5 Å². The monoisotopic (exact) mass is 380 g/mol. The number of amides is 1. The van der Waals surface area contributed by atoms with Crippen molar-refractivity contribution < 1.29 is 19.0 Å². The zero-order chi connectivity index (χ0) is 19.3. The SMILES string of the molecule is COc1cc(C2CC(=O)Nc3c2ccc(N2CCCC2)c3C)cc2c1OCO2. The summed E-state index contributed by atoms with van der Waals surface area (Å²) in [6, 6.07) is 8.30. The quantitative estimate of drug-likeness (QED) is 0.878. The van der Waals surface area contributed by atoms with Crippen LogP contribution in [0.3, 0.4) is 0 Å². The molecule has 0 bridgehead atoms. The fourth-order valence-corrected chi connectivity index (χ4v) is 4.61. The molecule has 0 radical (unpaired) electrons. The number of ether oxygens (including phenoxy) is 3. The van der Waals surface area contributed by atoms with Crippen LogP contribution in [-0.4, -0.2) is 32.9 Å². The van der Waals surface area contributed by atoms with Gasteiger partial charge in [-0.15, -0.1) is 0 Å². The van der Waals surface area contributed by atoms with Gasteiger partial charge in [0.1, 0.15) is 0 Å². The number of hydrogen-bond acceptors (Lipinski definition) is 5. The lowest BCUT2D eigenvalue weighted by atomic mass is 9.83. The van der Waals surface area contributed by atoms with Crippen LogP contribution in [0.25, 0.3) is 0 Å². The van der Waals surface area contributed by atoms with Crippen LogP contribution in [0.15, 0.2) is 24.3 Å². The molecule has 146 valence electrons. The minimum atomic E-state index is -0.0431. The third kappa shape index (κ3) is 2.66. The van der Waals surface area contributed by atoms with Crippen LogP contribution >= 0.6 is 0 Å². The maximum atomic E-state index is 12.6. The molecule has 1 fully saturated rings. The van der Waals surface area contributed by atoms with Crippen LogP contribution in [-0.2, 0) is 4.79 Å². The molecule has 0 aliphatic carbocycles. The standard InChI is InChI=1S/C22H24N2O4/c1-13-17(24-7-3-4-8-24)6-5-15-16(11-20(25)23-21(13)15)14-9-18(26-2)22-19(10-14)27-12-28-22/h5-6,9-10,16H,3-4,7-8,11-12H2,1-2H3,(H,23,25). The Kier molecular flexibility index (Phi) is 4.07. The number of nitrogens with zero attached hydrogens (tertiary/aromatic N) is 1. The van der Waals surface area contributed by atoms with E-state index in [0.717, 1.165) is 35.5 Å². The normalized spacial score (nSPS) is 20.1. The molecule has 1 N–H and O–H groups in total. The van der Waals surface area contributed by atoms with Gasteiger partial charge < -0.3 is 24.4 Å². The van der Waals surface area contributed by atoms with Crippen molar-refractivity contribution in [3.05, 3.63) is 41.0 Å². The molecule has 3 heterocycles. The van der Waals surface area contributed by atoms with E-state index in [9.17, 15) is 4.79 Å². The highest BCUT2D eigenvalue weighted by Crippen LogP contribution is 2.47. The van der Waals surface area contributed by atoms with Crippen LogP contribution in [0.2, 0.25) is 0 Å². The molecule has 3 aliphatic rings. The van der Waals surface area contributed by atoms with Crippen LogP contribution in [0.4, 0.5) is 11.4 Å². The van der Waals surface area contributed by atoms with Gasteiger partial charge >= 0.3 is 0 Å². The van der Waals surface area contributed by atoms with Gasteiger partial charge in [-0.3, -0.25) is 4.79 Å². The Morgan fingerprint density at radius 1 is 1.18 bits per heavy atom. The van der Waals surface area contributed by atoms with Crippen LogP contribution < -0.4 is 24.4 Å². The Morgan fingerprint density at radius 2 is 2.00 bits per heavy atom. The van der Waals surface area contributed by atoms with Crippen molar-refractivity contribution >= 4 is 17.3 Å². The lowest BCUT2D eigenvalue weighted by Crippen LogP contribution is -2.26. The van der Waals surface area contributed by atoms with Gasteiger partial charge in [-0.2, -0.15) is 0 Å². The molecule has 2 aromatic carbocycles. The van der Waals surface area contributed by atoms with E-state index in [4.69, 9.17) is 14.2 Å². The van der Waals surface area contributed by atoms with Crippen LogP contribution in [0, 0.1) is 6.92 Å². The summed E-state index contributed by atoms with van der Waals surface area (Å²) in [5.41, 5.74) is 5.46. The molecule has 6 heteroatoms. The molecule has 1 unspecified atom stereocenters. The summed E-state index contributed by atoms with van der Waals surface area (Å²) in [5, 5.41) is 3.12. The summed E-state index contributed by atoms with van der Waals surface area (Å²) in [4.78, 5) is 15.0. The molecule has 0 saturated carbocycles. The third-order valence-electron chi connectivity index (χ3n) is 6.03. The Bertz CT molecular complexity index is 950. The minimum absolute atomic E-state index is 0.0378. The number of fused-ring (bicyclic) bond motifs is 2. The third-order valence-corrected chi connectivity index (χ3v) is 6.03. The van der Waals surface area contributed by atoms with E-state index in [1.807, 2.05) is 12.1 Å². The van der Waals surface area contributed by atoms with Gasteiger partial charge in [0.25, 0.3) is 0 Å². The van der Waals surface area contributed by atoms with Crippen molar-refractivity contribution in [3.63, 3.8) is 0 Å². The van der Waals surface area contributed by atoms with E-state index in [-0.39, 0.29) is 18.6 Å². The van der Waals surface area contributed by atoms with E-state index in [1.165, 1.54) is 18.5 Å². The second kappa shape index (κ2) is 6.62. The highest BCUT2D eigenvalue weighted by molar-refractivity contribution is 5.97. The summed E-state index contributed by atoms with van der Waals surface area (Å²) in [6.45, 7) is 4.46. The summed E-state index contributed by atoms with van der Waals surface area (Å²) in [5.74, 6) is 1.94. The molecule has 28 heavy (non-hydrogen) atoms. The molecule has 1 amide bonds. The Balaban J connectivity index is 1.60. The Hall–Kier alpha value is -2.89. The lowest BCUT2D eigenvalue weighted by Gasteiger charge is -2.30. The predicted molar refractivity (Wildman–Crippen MR) is 107 cm³/mol. The molecule has 5 rings (SSSR count). The number of hydrogen-bond donors (Lipinski definition) is 1. The molecule has 6 nitrogen and oxygen atoms in total. The van der Waals surface area contributed by atoms with E-state index in [1.54, 1.807) is 7.11 Å². The number of benzene rings is 2. The summed E-state index contributed by atoms with van der Waals surface area (Å²) < 4.78 is 16.6. The number of carbonyl (C=O) groups is 1. The largest absolute Gasteiger partial charge is 0.493 e. The topological polar surface area (TPSA) is 60.0 Å². The van der Waals surface area contributed by atoms with E-state index < -0.39 is 0 Å². The van der Waals surface area contributed by atoms with Crippen molar-refractivity contribution in [2.24, 2.45) is 0 Å². The van der Waals surface area contributed by atoms with Gasteiger partial charge in [0.2, 0.25) is 18.4 Å². The molecular weight excluding hydrogens is 356 g/mol. The van der Waals surface area contributed by atoms with Crippen molar-refractivity contribution in [2.45, 2.75) is 32.1 Å². The molecule has 1 atom stereocenters. The van der Waals surface area contributed by atoms with Crippen LogP contribution in [0.5, 0.6) is 17.2 Å². The molecule has 1 saturated heterocycles. The zero-order valence-electron chi connectivity index (χ0n) is 16.2. The van der Waals surface area contributed by atoms with Gasteiger partial charge in [-0.05, 0) is 54.7 Å². The first-order valence-electron chi connectivity index (χ1n) is 9.81. The first-order chi connectivity index (χ1) is 13.7. The van der Waals surface area contributed by atoms with Gasteiger partial charge in [0, 0.05) is 36.8 Å². The van der Waals surface area contributed by atoms with Crippen molar-refractivity contribution in [2.75, 3.05) is 37.2 Å².